The second-order valence-corrected chi connectivity index (χ2v) is 9.22. The van der Waals surface area contributed by atoms with Gasteiger partial charge in [-0.2, -0.15) is 5.26 Å². The molecule has 26 heavy (non-hydrogen) atoms. The first-order valence-corrected chi connectivity index (χ1v) is 10.4. The molecule has 0 aliphatic heterocycles. The fraction of sp³-hybridized carbons (Fsp3) is 0.857. The van der Waals surface area contributed by atoms with Gasteiger partial charge in [-0.05, 0) is 68.6 Å². The zero-order valence-electron chi connectivity index (χ0n) is 15.8. The standard InChI is InChI=1S/C21H30N2O3/c1-23(21(13-22)5-3-2-4-6-21)18(24)12-26-20(25)19-16-8-14-7-15(10-16)11-17(19)9-14/h14-17,19H,2-12H2,1H3. The lowest BCUT2D eigenvalue weighted by Gasteiger charge is -2.53. The molecule has 5 aliphatic carbocycles. The highest BCUT2D eigenvalue weighted by Gasteiger charge is 2.51. The Morgan fingerprint density at radius 1 is 1.04 bits per heavy atom. The molecule has 0 atom stereocenters. The number of carbonyl (C=O) groups is 2. The Morgan fingerprint density at radius 3 is 2.15 bits per heavy atom. The first-order valence-electron chi connectivity index (χ1n) is 10.4. The van der Waals surface area contributed by atoms with Gasteiger partial charge in [0.1, 0.15) is 5.54 Å². The second-order valence-electron chi connectivity index (χ2n) is 9.22. The van der Waals surface area contributed by atoms with E-state index in [0.29, 0.717) is 11.8 Å². The van der Waals surface area contributed by atoms with Gasteiger partial charge in [0.15, 0.2) is 6.61 Å². The van der Waals surface area contributed by atoms with Crippen molar-refractivity contribution in [2.75, 3.05) is 13.7 Å². The Hall–Kier alpha value is -1.57. The molecule has 142 valence electrons. The Labute approximate surface area is 156 Å². The topological polar surface area (TPSA) is 70.4 Å². The number of likely N-dealkylation sites (N-methyl/N-ethyl adjacent to an activating group) is 1. The van der Waals surface area contributed by atoms with Crippen LogP contribution in [-0.4, -0.2) is 36.0 Å². The van der Waals surface area contributed by atoms with E-state index in [1.165, 1.54) is 11.3 Å². The van der Waals surface area contributed by atoms with E-state index < -0.39 is 5.54 Å². The third-order valence-corrected chi connectivity index (χ3v) is 7.74. The van der Waals surface area contributed by atoms with E-state index in [9.17, 15) is 14.9 Å². The Bertz CT molecular complexity index is 589. The van der Waals surface area contributed by atoms with Crippen molar-refractivity contribution in [2.45, 2.75) is 69.7 Å². The average molecular weight is 358 g/mol. The molecule has 5 saturated carbocycles. The van der Waals surface area contributed by atoms with Gasteiger partial charge in [0.05, 0.1) is 12.0 Å². The van der Waals surface area contributed by atoms with Gasteiger partial charge in [0.2, 0.25) is 0 Å². The maximum Gasteiger partial charge on any atom is 0.310 e. The van der Waals surface area contributed by atoms with Crippen LogP contribution in [0.5, 0.6) is 0 Å². The van der Waals surface area contributed by atoms with Crippen LogP contribution < -0.4 is 0 Å². The molecule has 0 aromatic rings. The van der Waals surface area contributed by atoms with Gasteiger partial charge in [-0.15, -0.1) is 0 Å². The van der Waals surface area contributed by atoms with E-state index in [-0.39, 0.29) is 24.4 Å². The predicted octanol–water partition coefficient (Wildman–Crippen LogP) is 3.29. The van der Waals surface area contributed by atoms with Crippen molar-refractivity contribution in [1.82, 2.24) is 4.90 Å². The molecule has 5 nitrogen and oxygen atoms in total. The first kappa shape index (κ1) is 17.8. The summed E-state index contributed by atoms with van der Waals surface area (Å²) in [6.07, 6.45) is 10.5. The largest absolute Gasteiger partial charge is 0.455 e. The van der Waals surface area contributed by atoms with Crippen molar-refractivity contribution in [3.05, 3.63) is 0 Å². The van der Waals surface area contributed by atoms with Crippen LogP contribution in [0.2, 0.25) is 0 Å². The van der Waals surface area contributed by atoms with Crippen LogP contribution in [0.1, 0.15) is 64.2 Å². The number of rotatable bonds is 4. The quantitative estimate of drug-likeness (QED) is 0.723. The van der Waals surface area contributed by atoms with Crippen molar-refractivity contribution in [2.24, 2.45) is 29.6 Å². The lowest BCUT2D eigenvalue weighted by atomic mass is 9.52. The smallest absolute Gasteiger partial charge is 0.310 e. The van der Waals surface area contributed by atoms with Gasteiger partial charge >= 0.3 is 5.97 Å². The third-order valence-electron chi connectivity index (χ3n) is 7.74. The van der Waals surface area contributed by atoms with Gasteiger partial charge < -0.3 is 9.64 Å². The van der Waals surface area contributed by atoms with Gasteiger partial charge in [-0.1, -0.05) is 19.3 Å². The number of nitriles is 1. The zero-order chi connectivity index (χ0) is 18.3. The summed E-state index contributed by atoms with van der Waals surface area (Å²) in [5, 5.41) is 9.63. The van der Waals surface area contributed by atoms with E-state index in [2.05, 4.69) is 6.07 Å². The number of hydrogen-bond acceptors (Lipinski definition) is 4. The van der Waals surface area contributed by atoms with E-state index >= 15 is 0 Å². The molecular weight excluding hydrogens is 328 g/mol. The summed E-state index contributed by atoms with van der Waals surface area (Å²) in [4.78, 5) is 26.9. The molecule has 0 aromatic heterocycles. The van der Waals surface area contributed by atoms with Crippen molar-refractivity contribution in [1.29, 1.82) is 5.26 Å². The number of esters is 1. The first-order chi connectivity index (χ1) is 12.5. The molecule has 5 aliphatic rings. The van der Waals surface area contributed by atoms with Gasteiger partial charge in [-0.25, -0.2) is 0 Å². The van der Waals surface area contributed by atoms with Crippen LogP contribution in [-0.2, 0) is 14.3 Å². The number of nitrogens with zero attached hydrogens (tertiary/aromatic N) is 2. The van der Waals surface area contributed by atoms with Crippen LogP contribution in [0.15, 0.2) is 0 Å². The molecule has 5 heteroatoms. The highest BCUT2D eigenvalue weighted by Crippen LogP contribution is 2.56. The summed E-state index contributed by atoms with van der Waals surface area (Å²) >= 11 is 0. The van der Waals surface area contributed by atoms with Crippen molar-refractivity contribution < 1.29 is 14.3 Å². The summed E-state index contributed by atoms with van der Waals surface area (Å²) in [5.41, 5.74) is -0.718. The van der Waals surface area contributed by atoms with E-state index in [0.717, 1.165) is 69.6 Å². The fourth-order valence-corrected chi connectivity index (χ4v) is 6.53. The van der Waals surface area contributed by atoms with Crippen molar-refractivity contribution >= 4 is 11.9 Å². The summed E-state index contributed by atoms with van der Waals surface area (Å²) in [7, 11) is 1.69. The summed E-state index contributed by atoms with van der Waals surface area (Å²) < 4.78 is 5.49. The molecule has 0 aromatic carbocycles. The molecule has 5 rings (SSSR count). The highest BCUT2D eigenvalue weighted by atomic mass is 16.5. The molecule has 5 fully saturated rings. The molecule has 0 spiro atoms. The fourth-order valence-electron chi connectivity index (χ4n) is 6.53. The maximum absolute atomic E-state index is 12.7. The Morgan fingerprint density at radius 2 is 1.62 bits per heavy atom. The SMILES string of the molecule is CN(C(=O)COC(=O)C1C2CC3CC(C2)CC1C3)C1(C#N)CCCCC1. The van der Waals surface area contributed by atoms with Crippen LogP contribution in [0, 0.1) is 40.9 Å². The molecule has 0 saturated heterocycles. The van der Waals surface area contributed by atoms with Gasteiger partial charge in [0.25, 0.3) is 5.91 Å². The van der Waals surface area contributed by atoms with Crippen LogP contribution >= 0.6 is 0 Å². The maximum atomic E-state index is 12.7. The average Bonchev–Trinajstić information content (AvgIpc) is 2.65. The monoisotopic (exact) mass is 358 g/mol. The molecule has 0 heterocycles. The molecule has 4 bridgehead atoms. The number of carbonyl (C=O) groups excluding carboxylic acids is 2. The lowest BCUT2D eigenvalue weighted by molar-refractivity contribution is -0.167. The predicted molar refractivity (Wildman–Crippen MR) is 95.7 cm³/mol. The van der Waals surface area contributed by atoms with E-state index in [4.69, 9.17) is 4.74 Å². The minimum atomic E-state index is -0.718. The number of amides is 1. The van der Waals surface area contributed by atoms with Crippen LogP contribution in [0.4, 0.5) is 0 Å². The molecule has 0 radical (unpaired) electrons. The minimum absolute atomic E-state index is 0.000476. The number of ether oxygens (including phenoxy) is 1. The van der Waals surface area contributed by atoms with Gasteiger partial charge in [-0.3, -0.25) is 9.59 Å². The van der Waals surface area contributed by atoms with E-state index in [1.807, 2.05) is 0 Å². The minimum Gasteiger partial charge on any atom is -0.455 e. The van der Waals surface area contributed by atoms with Gasteiger partial charge in [0, 0.05) is 7.05 Å². The third kappa shape index (κ3) is 3.02. The van der Waals surface area contributed by atoms with Crippen molar-refractivity contribution in [3.8, 4) is 6.07 Å². The molecule has 0 N–H and O–H groups in total. The van der Waals surface area contributed by atoms with Crippen LogP contribution in [0.25, 0.3) is 0 Å². The van der Waals surface area contributed by atoms with Crippen LogP contribution in [0.3, 0.4) is 0 Å². The highest BCUT2D eigenvalue weighted by molar-refractivity contribution is 5.82. The second kappa shape index (κ2) is 6.87. The Balaban J connectivity index is 1.34. The molecule has 0 unspecified atom stereocenters. The lowest BCUT2D eigenvalue weighted by Crippen LogP contribution is -2.52. The van der Waals surface area contributed by atoms with E-state index in [1.54, 1.807) is 7.05 Å². The molecule has 1 amide bonds. The Kier molecular flexibility index (Phi) is 4.71. The zero-order valence-corrected chi connectivity index (χ0v) is 15.8. The normalized spacial score (nSPS) is 37.0. The summed E-state index contributed by atoms with van der Waals surface area (Å²) in [6, 6.07) is 2.36. The summed E-state index contributed by atoms with van der Waals surface area (Å²) in [6.45, 7) is -0.221. The molecular formula is C21H30N2O3. The summed E-state index contributed by atoms with van der Waals surface area (Å²) in [5.74, 6) is 2.15. The number of hydrogen-bond donors (Lipinski definition) is 0. The van der Waals surface area contributed by atoms with Crippen molar-refractivity contribution in [3.63, 3.8) is 0 Å².